The van der Waals surface area contributed by atoms with Gasteiger partial charge in [0.15, 0.2) is 5.82 Å². The van der Waals surface area contributed by atoms with E-state index in [2.05, 4.69) is 22.3 Å². The molecule has 2 atom stereocenters. The second kappa shape index (κ2) is 6.57. The van der Waals surface area contributed by atoms with Crippen molar-refractivity contribution in [2.24, 2.45) is 0 Å². The van der Waals surface area contributed by atoms with E-state index in [1.165, 1.54) is 12.0 Å². The molecule has 0 N–H and O–H groups in total. The highest BCUT2D eigenvalue weighted by Crippen LogP contribution is 2.38. The first-order chi connectivity index (χ1) is 11.8. The van der Waals surface area contributed by atoms with Crippen molar-refractivity contribution in [2.45, 2.75) is 18.3 Å². The summed E-state index contributed by atoms with van der Waals surface area (Å²) in [5.74, 6) is 1.09. The molecule has 1 aliphatic heterocycles. The predicted molar refractivity (Wildman–Crippen MR) is 90.8 cm³/mol. The Bertz CT molecular complexity index is 787. The first kappa shape index (κ1) is 15.1. The first-order valence-corrected chi connectivity index (χ1v) is 8.80. The van der Waals surface area contributed by atoms with Crippen molar-refractivity contribution >= 4 is 17.2 Å². The minimum absolute atomic E-state index is 0.0680. The van der Waals surface area contributed by atoms with Gasteiger partial charge in [-0.2, -0.15) is 4.98 Å². The Balaban J connectivity index is 1.57. The van der Waals surface area contributed by atoms with Gasteiger partial charge in [0.25, 0.3) is 0 Å². The maximum Gasteiger partial charge on any atom is 0.227 e. The number of hydrogen-bond acceptors (Lipinski definition) is 5. The number of amides is 1. The van der Waals surface area contributed by atoms with E-state index in [0.717, 1.165) is 4.88 Å². The van der Waals surface area contributed by atoms with Crippen LogP contribution in [0.2, 0.25) is 0 Å². The smallest absolute Gasteiger partial charge is 0.227 e. The fourth-order valence-electron chi connectivity index (χ4n) is 3.32. The molecule has 0 aliphatic carbocycles. The molecule has 0 unspecified atom stereocenters. The largest absolute Gasteiger partial charge is 0.343 e. The summed E-state index contributed by atoms with van der Waals surface area (Å²) in [5.41, 5.74) is 1.21. The van der Waals surface area contributed by atoms with Gasteiger partial charge >= 0.3 is 0 Å². The maximum absolute atomic E-state index is 12.7. The molecular formula is C18H17N3O2S. The van der Waals surface area contributed by atoms with Crippen LogP contribution in [0.5, 0.6) is 0 Å². The van der Waals surface area contributed by atoms with E-state index in [-0.39, 0.29) is 17.7 Å². The molecule has 6 heteroatoms. The van der Waals surface area contributed by atoms with Gasteiger partial charge < -0.3 is 9.42 Å². The molecule has 0 radical (unpaired) electrons. The molecule has 0 spiro atoms. The SMILES string of the molecule is O=C(Cc1cccs1)N1C[C@H](c2ccccc2)[C@@H](c2ncon2)C1. The van der Waals surface area contributed by atoms with Crippen LogP contribution in [-0.4, -0.2) is 34.0 Å². The van der Waals surface area contributed by atoms with E-state index in [1.807, 2.05) is 40.6 Å². The molecule has 1 aliphatic rings. The van der Waals surface area contributed by atoms with Crippen LogP contribution in [0.25, 0.3) is 0 Å². The highest BCUT2D eigenvalue weighted by atomic mass is 32.1. The number of carbonyl (C=O) groups excluding carboxylic acids is 1. The monoisotopic (exact) mass is 339 g/mol. The summed E-state index contributed by atoms with van der Waals surface area (Å²) < 4.78 is 4.93. The summed E-state index contributed by atoms with van der Waals surface area (Å²) in [5, 5.41) is 6.02. The fraction of sp³-hybridized carbons (Fsp3) is 0.278. The average molecular weight is 339 g/mol. The van der Waals surface area contributed by atoms with Crippen molar-refractivity contribution < 1.29 is 9.32 Å². The molecule has 3 aromatic rings. The second-order valence-electron chi connectivity index (χ2n) is 5.97. The molecule has 1 saturated heterocycles. The van der Waals surface area contributed by atoms with Crippen LogP contribution in [0, 0.1) is 0 Å². The van der Waals surface area contributed by atoms with Crippen molar-refractivity contribution in [3.05, 3.63) is 70.5 Å². The minimum atomic E-state index is 0.0680. The summed E-state index contributed by atoms with van der Waals surface area (Å²) in [6.07, 6.45) is 1.81. The van der Waals surface area contributed by atoms with E-state index in [4.69, 9.17) is 4.52 Å². The first-order valence-electron chi connectivity index (χ1n) is 7.92. The third kappa shape index (κ3) is 2.97. The molecule has 2 aromatic heterocycles. The summed E-state index contributed by atoms with van der Waals surface area (Å²) in [6.45, 7) is 1.32. The summed E-state index contributed by atoms with van der Waals surface area (Å²) in [6, 6.07) is 14.2. The Morgan fingerprint density at radius 2 is 2.00 bits per heavy atom. The average Bonchev–Trinajstić information content (AvgIpc) is 3.36. The van der Waals surface area contributed by atoms with Crippen molar-refractivity contribution in [1.82, 2.24) is 15.0 Å². The van der Waals surface area contributed by atoms with Gasteiger partial charge in [0.1, 0.15) is 0 Å². The van der Waals surface area contributed by atoms with Crippen molar-refractivity contribution in [1.29, 1.82) is 0 Å². The molecule has 3 heterocycles. The lowest BCUT2D eigenvalue weighted by molar-refractivity contribution is -0.129. The van der Waals surface area contributed by atoms with E-state index in [9.17, 15) is 4.79 Å². The Hall–Kier alpha value is -2.47. The second-order valence-corrected chi connectivity index (χ2v) is 7.00. The number of likely N-dealkylation sites (tertiary alicyclic amines) is 1. The lowest BCUT2D eigenvalue weighted by atomic mass is 9.88. The zero-order valence-electron chi connectivity index (χ0n) is 13.0. The molecule has 0 saturated carbocycles. The molecule has 1 fully saturated rings. The van der Waals surface area contributed by atoms with Crippen LogP contribution in [0.15, 0.2) is 58.8 Å². The molecule has 1 aromatic carbocycles. The molecule has 24 heavy (non-hydrogen) atoms. The highest BCUT2D eigenvalue weighted by molar-refractivity contribution is 7.10. The third-order valence-electron chi connectivity index (χ3n) is 4.52. The van der Waals surface area contributed by atoms with Gasteiger partial charge in [-0.05, 0) is 17.0 Å². The van der Waals surface area contributed by atoms with Gasteiger partial charge in [0.2, 0.25) is 12.3 Å². The molecule has 1 amide bonds. The lowest BCUT2D eigenvalue weighted by Crippen LogP contribution is -2.30. The van der Waals surface area contributed by atoms with Crippen molar-refractivity contribution in [2.75, 3.05) is 13.1 Å². The number of benzene rings is 1. The number of carbonyl (C=O) groups is 1. The Kier molecular flexibility index (Phi) is 4.13. The minimum Gasteiger partial charge on any atom is -0.343 e. The number of hydrogen-bond donors (Lipinski definition) is 0. The maximum atomic E-state index is 12.7. The van der Waals surface area contributed by atoms with Gasteiger partial charge in [-0.1, -0.05) is 41.6 Å². The Morgan fingerprint density at radius 3 is 2.71 bits per heavy atom. The normalized spacial score (nSPS) is 20.4. The molecule has 122 valence electrons. The van der Waals surface area contributed by atoms with Crippen molar-refractivity contribution in [3.63, 3.8) is 0 Å². The van der Waals surface area contributed by atoms with Gasteiger partial charge in [-0.3, -0.25) is 4.79 Å². The van der Waals surface area contributed by atoms with E-state index >= 15 is 0 Å². The van der Waals surface area contributed by atoms with Gasteiger partial charge in [-0.25, -0.2) is 0 Å². The summed E-state index contributed by atoms with van der Waals surface area (Å²) in [7, 11) is 0. The number of thiophene rings is 1. The van der Waals surface area contributed by atoms with Gasteiger partial charge in [0, 0.05) is 29.8 Å². The topological polar surface area (TPSA) is 59.2 Å². The predicted octanol–water partition coefficient (Wildman–Crippen LogP) is 3.08. The van der Waals surface area contributed by atoms with Crippen LogP contribution in [0.1, 0.15) is 28.1 Å². The van der Waals surface area contributed by atoms with Crippen molar-refractivity contribution in [3.8, 4) is 0 Å². The van der Waals surface area contributed by atoms with Crippen LogP contribution in [0.3, 0.4) is 0 Å². The van der Waals surface area contributed by atoms with E-state index in [1.54, 1.807) is 11.3 Å². The number of nitrogens with zero attached hydrogens (tertiary/aromatic N) is 3. The van der Waals surface area contributed by atoms with Crippen LogP contribution in [-0.2, 0) is 11.2 Å². The van der Waals surface area contributed by atoms with Gasteiger partial charge in [-0.15, -0.1) is 11.3 Å². The quantitative estimate of drug-likeness (QED) is 0.733. The van der Waals surface area contributed by atoms with Crippen LogP contribution < -0.4 is 0 Å². The molecule has 4 rings (SSSR count). The fourth-order valence-corrected chi connectivity index (χ4v) is 4.02. The summed E-state index contributed by atoms with van der Waals surface area (Å²) >= 11 is 1.62. The van der Waals surface area contributed by atoms with Crippen LogP contribution >= 0.6 is 11.3 Å². The molecule has 0 bridgehead atoms. The van der Waals surface area contributed by atoms with E-state index in [0.29, 0.717) is 25.3 Å². The standard InChI is InChI=1S/C18H17N3O2S/c22-17(9-14-7-4-8-24-14)21-10-15(13-5-2-1-3-6-13)16(11-21)18-19-12-23-20-18/h1-8,12,15-16H,9-11H2/t15-,16+/m1/s1. The lowest BCUT2D eigenvalue weighted by Gasteiger charge is -2.16. The van der Waals surface area contributed by atoms with Gasteiger partial charge in [0.05, 0.1) is 6.42 Å². The Morgan fingerprint density at radius 1 is 1.17 bits per heavy atom. The molecular weight excluding hydrogens is 322 g/mol. The summed E-state index contributed by atoms with van der Waals surface area (Å²) in [4.78, 5) is 19.9. The Labute approximate surface area is 143 Å². The van der Waals surface area contributed by atoms with Crippen LogP contribution in [0.4, 0.5) is 0 Å². The third-order valence-corrected chi connectivity index (χ3v) is 5.39. The van der Waals surface area contributed by atoms with E-state index < -0.39 is 0 Å². The zero-order valence-corrected chi connectivity index (χ0v) is 13.9. The highest BCUT2D eigenvalue weighted by Gasteiger charge is 2.39. The number of aromatic nitrogens is 2. The number of rotatable bonds is 4. The molecule has 5 nitrogen and oxygen atoms in total. The zero-order chi connectivity index (χ0) is 16.4.